The molecule has 82 valence electrons. The van der Waals surface area contributed by atoms with Crippen molar-refractivity contribution in [3.05, 3.63) is 29.7 Å². The minimum Gasteiger partial charge on any atom is -0.463 e. The summed E-state index contributed by atoms with van der Waals surface area (Å²) in [5.74, 6) is 0.754. The third kappa shape index (κ3) is 1.84. The number of nitrogens with zero attached hydrogens (tertiary/aromatic N) is 2. The van der Waals surface area contributed by atoms with Gasteiger partial charge in [-0.3, -0.25) is 5.10 Å². The third-order valence-electron chi connectivity index (χ3n) is 2.55. The second-order valence-electron chi connectivity index (χ2n) is 3.52. The van der Waals surface area contributed by atoms with E-state index in [9.17, 15) is 0 Å². The van der Waals surface area contributed by atoms with Crippen molar-refractivity contribution in [2.24, 2.45) is 0 Å². The van der Waals surface area contributed by atoms with Gasteiger partial charge in [-0.05, 0) is 25.0 Å². The molecule has 4 nitrogen and oxygen atoms in total. The number of aryl methyl sites for hydroxylation is 1. The van der Waals surface area contributed by atoms with Gasteiger partial charge in [0.25, 0.3) is 0 Å². The first-order valence-corrected chi connectivity index (χ1v) is 5.33. The van der Waals surface area contributed by atoms with Crippen LogP contribution in [0, 0.1) is 11.3 Å². The minimum absolute atomic E-state index is 0.500. The van der Waals surface area contributed by atoms with Gasteiger partial charge in [0.1, 0.15) is 5.69 Å². The molecule has 0 amide bonds. The van der Waals surface area contributed by atoms with Gasteiger partial charge in [0, 0.05) is 17.7 Å². The largest absolute Gasteiger partial charge is 0.463 e. The van der Waals surface area contributed by atoms with Crippen LogP contribution in [-0.2, 0) is 12.8 Å². The lowest BCUT2D eigenvalue weighted by Crippen LogP contribution is -1.91. The summed E-state index contributed by atoms with van der Waals surface area (Å²) in [6.45, 7) is 2.06. The van der Waals surface area contributed by atoms with E-state index >= 15 is 0 Å². The Morgan fingerprint density at radius 2 is 2.44 bits per heavy atom. The standard InChI is InChI=1S/C12H13N3O/c1-2-10-9(5-3-7-13)12(15-14-10)11-6-4-8-16-11/h4,6,8H,2-3,5H2,1H3,(H,14,15). The van der Waals surface area contributed by atoms with Crippen LogP contribution in [0.15, 0.2) is 22.8 Å². The van der Waals surface area contributed by atoms with E-state index < -0.39 is 0 Å². The van der Waals surface area contributed by atoms with Crippen LogP contribution in [0.2, 0.25) is 0 Å². The van der Waals surface area contributed by atoms with Gasteiger partial charge < -0.3 is 4.42 Å². The summed E-state index contributed by atoms with van der Waals surface area (Å²) in [7, 11) is 0. The number of rotatable bonds is 4. The normalized spacial score (nSPS) is 10.2. The Balaban J connectivity index is 2.38. The topological polar surface area (TPSA) is 65.6 Å². The van der Waals surface area contributed by atoms with E-state index in [2.05, 4.69) is 23.2 Å². The van der Waals surface area contributed by atoms with Crippen LogP contribution in [0.1, 0.15) is 24.6 Å². The van der Waals surface area contributed by atoms with E-state index in [4.69, 9.17) is 9.68 Å². The van der Waals surface area contributed by atoms with Gasteiger partial charge in [0.15, 0.2) is 5.76 Å². The van der Waals surface area contributed by atoms with E-state index in [0.717, 1.165) is 29.1 Å². The highest BCUT2D eigenvalue weighted by Gasteiger charge is 2.15. The van der Waals surface area contributed by atoms with Gasteiger partial charge >= 0.3 is 0 Å². The average Bonchev–Trinajstić information content (AvgIpc) is 2.94. The number of nitriles is 1. The quantitative estimate of drug-likeness (QED) is 0.852. The second-order valence-corrected chi connectivity index (χ2v) is 3.52. The molecule has 0 bridgehead atoms. The Hall–Kier alpha value is -2.02. The SMILES string of the molecule is CCc1[nH]nc(-c2ccco2)c1CCC#N. The first kappa shape index (κ1) is 10.5. The average molecular weight is 215 g/mol. The summed E-state index contributed by atoms with van der Waals surface area (Å²) in [6, 6.07) is 5.87. The van der Waals surface area contributed by atoms with Gasteiger partial charge in [-0.25, -0.2) is 0 Å². The van der Waals surface area contributed by atoms with Crippen molar-refractivity contribution in [2.45, 2.75) is 26.2 Å². The molecule has 2 heterocycles. The van der Waals surface area contributed by atoms with Gasteiger partial charge in [-0.15, -0.1) is 0 Å². The fourth-order valence-corrected chi connectivity index (χ4v) is 1.76. The number of aromatic amines is 1. The van der Waals surface area contributed by atoms with Gasteiger partial charge in [-0.2, -0.15) is 10.4 Å². The summed E-state index contributed by atoms with van der Waals surface area (Å²) in [6.07, 6.45) is 3.73. The van der Waals surface area contributed by atoms with Gasteiger partial charge in [0.05, 0.1) is 12.3 Å². The molecular formula is C12H13N3O. The molecule has 0 fully saturated rings. The van der Waals surface area contributed by atoms with Crippen LogP contribution in [0.5, 0.6) is 0 Å². The van der Waals surface area contributed by atoms with E-state index in [1.165, 1.54) is 0 Å². The molecule has 2 aromatic rings. The number of H-pyrrole nitrogens is 1. The van der Waals surface area contributed by atoms with E-state index in [1.807, 2.05) is 12.1 Å². The number of hydrogen-bond acceptors (Lipinski definition) is 3. The predicted octanol–water partition coefficient (Wildman–Crippen LogP) is 2.69. The van der Waals surface area contributed by atoms with E-state index in [-0.39, 0.29) is 0 Å². The maximum Gasteiger partial charge on any atom is 0.154 e. The molecule has 2 rings (SSSR count). The van der Waals surface area contributed by atoms with Crippen LogP contribution in [0.3, 0.4) is 0 Å². The van der Waals surface area contributed by atoms with Gasteiger partial charge in [0.2, 0.25) is 0 Å². The van der Waals surface area contributed by atoms with Crippen molar-refractivity contribution in [1.82, 2.24) is 10.2 Å². The lowest BCUT2D eigenvalue weighted by molar-refractivity contribution is 0.579. The third-order valence-corrected chi connectivity index (χ3v) is 2.55. The number of hydrogen-bond donors (Lipinski definition) is 1. The molecule has 1 N–H and O–H groups in total. The van der Waals surface area contributed by atoms with Crippen LogP contribution >= 0.6 is 0 Å². The van der Waals surface area contributed by atoms with Crippen LogP contribution in [0.25, 0.3) is 11.5 Å². The fourth-order valence-electron chi connectivity index (χ4n) is 1.76. The monoisotopic (exact) mass is 215 g/mol. The zero-order chi connectivity index (χ0) is 11.4. The molecule has 2 aromatic heterocycles. The first-order chi connectivity index (χ1) is 7.86. The maximum absolute atomic E-state index is 8.65. The van der Waals surface area contributed by atoms with E-state index in [0.29, 0.717) is 12.8 Å². The molecular weight excluding hydrogens is 202 g/mol. The Morgan fingerprint density at radius 1 is 1.56 bits per heavy atom. The Kier molecular flexibility index (Phi) is 3.06. The Morgan fingerprint density at radius 3 is 3.06 bits per heavy atom. The molecule has 0 radical (unpaired) electrons. The molecule has 0 spiro atoms. The van der Waals surface area contributed by atoms with Crippen LogP contribution in [-0.4, -0.2) is 10.2 Å². The molecule has 0 atom stereocenters. The molecule has 0 saturated carbocycles. The fraction of sp³-hybridized carbons (Fsp3) is 0.333. The molecule has 0 aliphatic heterocycles. The molecule has 0 unspecified atom stereocenters. The van der Waals surface area contributed by atoms with Crippen molar-refractivity contribution in [3.8, 4) is 17.5 Å². The van der Waals surface area contributed by atoms with Crippen molar-refractivity contribution in [3.63, 3.8) is 0 Å². The van der Waals surface area contributed by atoms with Crippen molar-refractivity contribution >= 4 is 0 Å². The zero-order valence-electron chi connectivity index (χ0n) is 9.16. The highest BCUT2D eigenvalue weighted by molar-refractivity contribution is 5.58. The summed E-state index contributed by atoms with van der Waals surface area (Å²) in [4.78, 5) is 0. The lowest BCUT2D eigenvalue weighted by Gasteiger charge is -1.99. The predicted molar refractivity (Wildman–Crippen MR) is 59.6 cm³/mol. The molecule has 0 aromatic carbocycles. The number of nitrogens with one attached hydrogen (secondary N) is 1. The highest BCUT2D eigenvalue weighted by Crippen LogP contribution is 2.25. The summed E-state index contributed by atoms with van der Waals surface area (Å²) < 4.78 is 5.33. The van der Waals surface area contributed by atoms with Crippen LogP contribution < -0.4 is 0 Å². The summed E-state index contributed by atoms with van der Waals surface area (Å²) in [5.41, 5.74) is 3.01. The summed E-state index contributed by atoms with van der Waals surface area (Å²) >= 11 is 0. The minimum atomic E-state index is 0.500. The second kappa shape index (κ2) is 4.67. The van der Waals surface area contributed by atoms with Crippen molar-refractivity contribution in [1.29, 1.82) is 5.26 Å². The van der Waals surface area contributed by atoms with Crippen molar-refractivity contribution in [2.75, 3.05) is 0 Å². The molecule has 0 aliphatic carbocycles. The van der Waals surface area contributed by atoms with Crippen LogP contribution in [0.4, 0.5) is 0 Å². The van der Waals surface area contributed by atoms with Gasteiger partial charge in [-0.1, -0.05) is 6.92 Å². The number of aromatic nitrogens is 2. The lowest BCUT2D eigenvalue weighted by atomic mass is 10.0. The maximum atomic E-state index is 8.65. The van der Waals surface area contributed by atoms with Crippen molar-refractivity contribution < 1.29 is 4.42 Å². The Labute approximate surface area is 93.9 Å². The summed E-state index contributed by atoms with van der Waals surface area (Å²) in [5, 5.41) is 15.9. The highest BCUT2D eigenvalue weighted by atomic mass is 16.3. The molecule has 0 saturated heterocycles. The Bertz CT molecular complexity index is 491. The molecule has 4 heteroatoms. The molecule has 16 heavy (non-hydrogen) atoms. The zero-order valence-corrected chi connectivity index (χ0v) is 9.16. The first-order valence-electron chi connectivity index (χ1n) is 5.33. The smallest absolute Gasteiger partial charge is 0.154 e. The number of furan rings is 1. The molecule has 0 aliphatic rings. The van der Waals surface area contributed by atoms with E-state index in [1.54, 1.807) is 6.26 Å².